The van der Waals surface area contributed by atoms with Crippen molar-refractivity contribution >= 4 is 0 Å². The quantitative estimate of drug-likeness (QED) is 0.542. The van der Waals surface area contributed by atoms with E-state index in [4.69, 9.17) is 0 Å². The standard InChI is InChI=1S/C25H30N3/c1-17-8-10-20-23(25(12-6-7-13-25)21-14-26-16-28(20)21)22(17)19-11-9-18(15-27(19)5)24(2,3)4/h8-11,14-16H,6-7,12-13H2,1-5H3/q+1. The lowest BCUT2D eigenvalue weighted by Crippen LogP contribution is -2.34. The molecular formula is C25H30N3+. The van der Waals surface area contributed by atoms with E-state index in [9.17, 15) is 0 Å². The second-order valence-electron chi connectivity index (χ2n) is 9.75. The monoisotopic (exact) mass is 372 g/mol. The largest absolute Gasteiger partial charge is 0.302 e. The molecule has 5 rings (SSSR count). The fourth-order valence-electron chi connectivity index (χ4n) is 5.48. The van der Waals surface area contributed by atoms with E-state index in [0.717, 1.165) is 0 Å². The minimum atomic E-state index is 0.128. The number of rotatable bonds is 1. The molecule has 1 spiro atoms. The van der Waals surface area contributed by atoms with Crippen molar-refractivity contribution in [2.45, 2.75) is 64.2 Å². The first kappa shape index (κ1) is 17.7. The van der Waals surface area contributed by atoms with Crippen molar-refractivity contribution < 1.29 is 4.57 Å². The van der Waals surface area contributed by atoms with Crippen LogP contribution < -0.4 is 4.57 Å². The van der Waals surface area contributed by atoms with E-state index in [1.54, 1.807) is 0 Å². The van der Waals surface area contributed by atoms with Crippen LogP contribution in [0.2, 0.25) is 0 Å². The van der Waals surface area contributed by atoms with E-state index in [2.05, 4.69) is 85.5 Å². The van der Waals surface area contributed by atoms with Crippen molar-refractivity contribution in [1.82, 2.24) is 9.55 Å². The predicted octanol–water partition coefficient (Wildman–Crippen LogP) is 5.14. The van der Waals surface area contributed by atoms with Gasteiger partial charge in [-0.15, -0.1) is 0 Å². The van der Waals surface area contributed by atoms with Gasteiger partial charge in [0.05, 0.1) is 23.3 Å². The van der Waals surface area contributed by atoms with Gasteiger partial charge in [-0.1, -0.05) is 39.7 Å². The van der Waals surface area contributed by atoms with Crippen LogP contribution in [0.4, 0.5) is 0 Å². The van der Waals surface area contributed by atoms with Crippen molar-refractivity contribution in [1.29, 1.82) is 0 Å². The van der Waals surface area contributed by atoms with Crippen molar-refractivity contribution in [3.8, 4) is 16.9 Å². The number of aryl methyl sites for hydroxylation is 2. The number of hydrogen-bond donors (Lipinski definition) is 0. The highest BCUT2D eigenvalue weighted by Crippen LogP contribution is 2.55. The Hall–Kier alpha value is -2.42. The van der Waals surface area contributed by atoms with Crippen LogP contribution in [0.15, 0.2) is 43.0 Å². The first-order chi connectivity index (χ1) is 13.3. The zero-order valence-electron chi connectivity index (χ0n) is 17.7. The SMILES string of the molecule is Cc1ccc2c(c1-c1ccc(C(C)(C)C)c[n+]1C)C1(CCCC1)c1cncn1-2. The van der Waals surface area contributed by atoms with E-state index >= 15 is 0 Å². The molecule has 1 saturated carbocycles. The molecule has 0 saturated heterocycles. The second-order valence-corrected chi connectivity index (χ2v) is 9.75. The van der Waals surface area contributed by atoms with Gasteiger partial charge in [0.1, 0.15) is 7.05 Å². The van der Waals surface area contributed by atoms with Gasteiger partial charge < -0.3 is 4.57 Å². The molecule has 3 aromatic rings. The van der Waals surface area contributed by atoms with Crippen molar-refractivity contribution in [2.75, 3.05) is 0 Å². The molecule has 1 aliphatic carbocycles. The van der Waals surface area contributed by atoms with Crippen LogP contribution in [0.1, 0.15) is 68.8 Å². The molecule has 3 nitrogen and oxygen atoms in total. The molecule has 3 heterocycles. The summed E-state index contributed by atoms with van der Waals surface area (Å²) in [7, 11) is 2.20. The Bertz CT molecular complexity index is 1080. The first-order valence-electron chi connectivity index (χ1n) is 10.5. The Morgan fingerprint density at radius 1 is 1.07 bits per heavy atom. The van der Waals surface area contributed by atoms with Crippen LogP contribution in [0.3, 0.4) is 0 Å². The number of nitrogens with zero attached hydrogens (tertiary/aromatic N) is 3. The molecule has 0 N–H and O–H groups in total. The number of hydrogen-bond acceptors (Lipinski definition) is 1. The van der Waals surface area contributed by atoms with Crippen LogP contribution in [0.25, 0.3) is 16.9 Å². The fourth-order valence-corrected chi connectivity index (χ4v) is 5.48. The molecule has 2 aliphatic rings. The zero-order valence-corrected chi connectivity index (χ0v) is 17.7. The van der Waals surface area contributed by atoms with Crippen molar-refractivity contribution in [2.24, 2.45) is 7.05 Å². The van der Waals surface area contributed by atoms with Crippen molar-refractivity contribution in [3.05, 3.63) is 65.4 Å². The van der Waals surface area contributed by atoms with Crippen LogP contribution in [0, 0.1) is 6.92 Å². The average Bonchev–Trinajstić information content (AvgIpc) is 3.35. The second kappa shape index (κ2) is 5.79. The molecule has 0 unspecified atom stereocenters. The average molecular weight is 373 g/mol. The van der Waals surface area contributed by atoms with E-state index in [-0.39, 0.29) is 10.8 Å². The molecule has 1 fully saturated rings. The maximum absolute atomic E-state index is 4.50. The lowest BCUT2D eigenvalue weighted by molar-refractivity contribution is -0.661. The Morgan fingerprint density at radius 3 is 2.50 bits per heavy atom. The third-order valence-electron chi connectivity index (χ3n) is 6.97. The van der Waals surface area contributed by atoms with E-state index in [1.165, 1.54) is 65.0 Å². The first-order valence-corrected chi connectivity index (χ1v) is 10.5. The predicted molar refractivity (Wildman–Crippen MR) is 113 cm³/mol. The Morgan fingerprint density at radius 2 is 1.82 bits per heavy atom. The van der Waals surface area contributed by atoms with Gasteiger partial charge in [0, 0.05) is 28.8 Å². The fraction of sp³-hybridized carbons (Fsp3) is 0.440. The van der Waals surface area contributed by atoms with Gasteiger partial charge in [-0.2, -0.15) is 0 Å². The molecule has 0 atom stereocenters. The minimum Gasteiger partial charge on any atom is -0.302 e. The Kier molecular flexibility index (Phi) is 3.65. The normalized spacial score (nSPS) is 17.2. The van der Waals surface area contributed by atoms with Gasteiger partial charge in [-0.25, -0.2) is 9.55 Å². The summed E-state index contributed by atoms with van der Waals surface area (Å²) < 4.78 is 4.67. The molecule has 144 valence electrons. The molecule has 1 aliphatic heterocycles. The molecule has 3 heteroatoms. The van der Waals surface area contributed by atoms with Gasteiger partial charge in [-0.3, -0.25) is 0 Å². The minimum absolute atomic E-state index is 0.128. The van der Waals surface area contributed by atoms with Gasteiger partial charge in [0.15, 0.2) is 6.20 Å². The Labute approximate surface area is 168 Å². The van der Waals surface area contributed by atoms with Crippen molar-refractivity contribution in [3.63, 3.8) is 0 Å². The summed E-state index contributed by atoms with van der Waals surface area (Å²) in [4.78, 5) is 4.50. The molecule has 2 aromatic heterocycles. The number of imidazole rings is 1. The maximum atomic E-state index is 4.50. The summed E-state index contributed by atoms with van der Waals surface area (Å²) in [5, 5.41) is 0. The molecule has 0 radical (unpaired) electrons. The van der Waals surface area contributed by atoms with Gasteiger partial charge in [0.2, 0.25) is 5.69 Å². The third-order valence-corrected chi connectivity index (χ3v) is 6.97. The number of fused-ring (bicyclic) bond motifs is 5. The summed E-state index contributed by atoms with van der Waals surface area (Å²) >= 11 is 0. The number of pyridine rings is 1. The van der Waals surface area contributed by atoms with E-state index < -0.39 is 0 Å². The van der Waals surface area contributed by atoms with Crippen LogP contribution in [-0.4, -0.2) is 9.55 Å². The van der Waals surface area contributed by atoms with Crippen LogP contribution in [-0.2, 0) is 17.9 Å². The van der Waals surface area contributed by atoms with E-state index in [1.807, 2.05) is 6.33 Å². The number of aromatic nitrogens is 3. The third kappa shape index (κ3) is 2.28. The molecule has 1 aromatic carbocycles. The Balaban J connectivity index is 1.79. The number of benzene rings is 1. The summed E-state index contributed by atoms with van der Waals surface area (Å²) in [5.41, 5.74) is 10.00. The summed E-state index contributed by atoms with van der Waals surface area (Å²) in [5.74, 6) is 0. The molecule has 0 bridgehead atoms. The van der Waals surface area contributed by atoms with Crippen LogP contribution >= 0.6 is 0 Å². The molecule has 28 heavy (non-hydrogen) atoms. The highest BCUT2D eigenvalue weighted by Gasteiger charge is 2.48. The van der Waals surface area contributed by atoms with Gasteiger partial charge in [-0.05, 0) is 42.9 Å². The van der Waals surface area contributed by atoms with Gasteiger partial charge >= 0.3 is 0 Å². The lowest BCUT2D eigenvalue weighted by Gasteiger charge is -2.27. The smallest absolute Gasteiger partial charge is 0.212 e. The van der Waals surface area contributed by atoms with Gasteiger partial charge in [0.25, 0.3) is 0 Å². The van der Waals surface area contributed by atoms with E-state index in [0.29, 0.717) is 0 Å². The van der Waals surface area contributed by atoms with Crippen LogP contribution in [0.5, 0.6) is 0 Å². The topological polar surface area (TPSA) is 21.7 Å². The summed E-state index contributed by atoms with van der Waals surface area (Å²) in [6.45, 7) is 9.10. The highest BCUT2D eigenvalue weighted by molar-refractivity contribution is 5.76. The lowest BCUT2D eigenvalue weighted by atomic mass is 9.74. The summed E-state index contributed by atoms with van der Waals surface area (Å²) in [6.07, 6.45) is 11.5. The molecular weight excluding hydrogens is 342 g/mol. The summed E-state index contributed by atoms with van der Waals surface area (Å²) in [6, 6.07) is 9.23. The maximum Gasteiger partial charge on any atom is 0.212 e. The highest BCUT2D eigenvalue weighted by atomic mass is 15.1. The zero-order chi connectivity index (χ0) is 19.7. The molecule has 0 amide bonds.